The average Bonchev–Trinajstić information content (AvgIpc) is 2.94. The first-order valence-corrected chi connectivity index (χ1v) is 6.72. The van der Waals surface area contributed by atoms with E-state index in [1.807, 2.05) is 6.07 Å². The van der Waals surface area contributed by atoms with Gasteiger partial charge < -0.3 is 9.47 Å². The van der Waals surface area contributed by atoms with E-state index < -0.39 is 0 Å². The molecule has 0 amide bonds. The molecule has 1 aromatic carbocycles. The Kier molecular flexibility index (Phi) is 3.37. The van der Waals surface area contributed by atoms with Gasteiger partial charge in [0.05, 0.1) is 13.2 Å². The lowest BCUT2D eigenvalue weighted by Gasteiger charge is -2.14. The number of aryl methyl sites for hydroxylation is 1. The van der Waals surface area contributed by atoms with Gasteiger partial charge in [0.25, 0.3) is 0 Å². The first-order chi connectivity index (χ1) is 8.33. The van der Waals surface area contributed by atoms with Crippen molar-refractivity contribution >= 4 is 11.6 Å². The van der Waals surface area contributed by atoms with Crippen molar-refractivity contribution in [3.05, 3.63) is 34.3 Å². The summed E-state index contributed by atoms with van der Waals surface area (Å²) in [4.78, 5) is 0. The highest BCUT2D eigenvalue weighted by Crippen LogP contribution is 2.38. The van der Waals surface area contributed by atoms with Gasteiger partial charge in [-0.1, -0.05) is 17.7 Å². The molecule has 2 nitrogen and oxygen atoms in total. The van der Waals surface area contributed by atoms with Gasteiger partial charge in [-0.15, -0.1) is 0 Å². The summed E-state index contributed by atoms with van der Waals surface area (Å²) in [6.45, 7) is 1.50. The van der Waals surface area contributed by atoms with Gasteiger partial charge in [0.1, 0.15) is 0 Å². The van der Waals surface area contributed by atoms with Crippen molar-refractivity contribution in [2.24, 2.45) is 0 Å². The van der Waals surface area contributed by atoms with Gasteiger partial charge in [-0.05, 0) is 54.9 Å². The fourth-order valence-electron chi connectivity index (χ4n) is 2.89. The molecule has 1 aliphatic carbocycles. The van der Waals surface area contributed by atoms with E-state index in [0.717, 1.165) is 37.5 Å². The number of hydrogen-bond acceptors (Lipinski definition) is 2. The Bertz CT molecular complexity index is 399. The minimum Gasteiger partial charge on any atom is -0.350 e. The molecule has 3 heteroatoms. The van der Waals surface area contributed by atoms with Crippen molar-refractivity contribution in [3.8, 4) is 0 Å². The molecule has 1 aromatic rings. The monoisotopic (exact) mass is 252 g/mol. The third kappa shape index (κ3) is 2.49. The van der Waals surface area contributed by atoms with Crippen LogP contribution in [0.25, 0.3) is 0 Å². The molecule has 0 saturated carbocycles. The highest BCUT2D eigenvalue weighted by atomic mass is 35.5. The zero-order valence-electron chi connectivity index (χ0n) is 9.82. The van der Waals surface area contributed by atoms with E-state index in [0.29, 0.717) is 5.92 Å². The highest BCUT2D eigenvalue weighted by Gasteiger charge is 2.24. The van der Waals surface area contributed by atoms with Crippen molar-refractivity contribution < 1.29 is 9.47 Å². The highest BCUT2D eigenvalue weighted by molar-refractivity contribution is 6.30. The maximum Gasteiger partial charge on any atom is 0.157 e. The van der Waals surface area contributed by atoms with E-state index in [1.165, 1.54) is 17.5 Å². The molecule has 1 saturated heterocycles. The van der Waals surface area contributed by atoms with Crippen molar-refractivity contribution in [1.82, 2.24) is 0 Å². The Labute approximate surface area is 107 Å². The van der Waals surface area contributed by atoms with Crippen LogP contribution in [0.1, 0.15) is 36.3 Å². The van der Waals surface area contributed by atoms with Gasteiger partial charge in [0.2, 0.25) is 0 Å². The van der Waals surface area contributed by atoms with Crippen LogP contribution in [0.3, 0.4) is 0 Å². The molecular formula is C14H17ClO2. The van der Waals surface area contributed by atoms with Gasteiger partial charge in [-0.3, -0.25) is 0 Å². The normalized spacial score (nSPS) is 24.2. The maximum atomic E-state index is 6.01. The number of ether oxygens (including phenoxy) is 2. The van der Waals surface area contributed by atoms with E-state index >= 15 is 0 Å². The fourth-order valence-corrected chi connectivity index (χ4v) is 3.08. The first-order valence-electron chi connectivity index (χ1n) is 6.34. The van der Waals surface area contributed by atoms with Crippen LogP contribution >= 0.6 is 11.6 Å². The molecule has 0 aromatic heterocycles. The molecule has 0 spiro atoms. The Hall–Kier alpha value is -0.570. The molecule has 1 atom stereocenters. The smallest absolute Gasteiger partial charge is 0.157 e. The molecule has 92 valence electrons. The Morgan fingerprint density at radius 2 is 2.00 bits per heavy atom. The van der Waals surface area contributed by atoms with E-state index in [4.69, 9.17) is 21.1 Å². The summed E-state index contributed by atoms with van der Waals surface area (Å²) in [5, 5.41) is 0.854. The largest absolute Gasteiger partial charge is 0.350 e. The third-order valence-corrected chi connectivity index (χ3v) is 3.98. The summed E-state index contributed by atoms with van der Waals surface area (Å²) in [7, 11) is 0. The van der Waals surface area contributed by atoms with Crippen LogP contribution in [0.15, 0.2) is 18.2 Å². The summed E-state index contributed by atoms with van der Waals surface area (Å²) in [5.74, 6) is 0.662. The zero-order valence-corrected chi connectivity index (χ0v) is 10.6. The topological polar surface area (TPSA) is 18.5 Å². The summed E-state index contributed by atoms with van der Waals surface area (Å²) in [6, 6.07) is 6.30. The second-order valence-electron chi connectivity index (χ2n) is 4.83. The summed E-state index contributed by atoms with van der Waals surface area (Å²) in [6.07, 6.45) is 4.59. The summed E-state index contributed by atoms with van der Waals surface area (Å²) in [5.41, 5.74) is 2.91. The standard InChI is InChI=1S/C14H17ClO2/c15-12-4-5-13-10(1-2-11(13)9-12)3-6-14-16-7-8-17-14/h4-5,9-10,14H,1-3,6-8H2. The Morgan fingerprint density at radius 1 is 1.18 bits per heavy atom. The van der Waals surface area contributed by atoms with Crippen LogP contribution in [0.2, 0.25) is 5.02 Å². The molecule has 0 bridgehead atoms. The third-order valence-electron chi connectivity index (χ3n) is 3.75. The number of benzene rings is 1. The van der Waals surface area contributed by atoms with Crippen LogP contribution in [-0.2, 0) is 15.9 Å². The van der Waals surface area contributed by atoms with Gasteiger partial charge in [-0.25, -0.2) is 0 Å². The Morgan fingerprint density at radius 3 is 2.82 bits per heavy atom. The van der Waals surface area contributed by atoms with E-state index in [-0.39, 0.29) is 6.29 Å². The number of rotatable bonds is 3. The first kappa shape index (κ1) is 11.5. The molecule has 1 heterocycles. The summed E-state index contributed by atoms with van der Waals surface area (Å²) < 4.78 is 11.0. The maximum absolute atomic E-state index is 6.01. The molecule has 1 aliphatic heterocycles. The number of halogens is 1. The van der Waals surface area contributed by atoms with Gasteiger partial charge in [0, 0.05) is 5.02 Å². The lowest BCUT2D eigenvalue weighted by molar-refractivity contribution is -0.0487. The average molecular weight is 253 g/mol. The lowest BCUT2D eigenvalue weighted by atomic mass is 9.96. The molecule has 0 radical (unpaired) electrons. The van der Waals surface area contributed by atoms with Crippen LogP contribution in [0, 0.1) is 0 Å². The second-order valence-corrected chi connectivity index (χ2v) is 5.26. The van der Waals surface area contributed by atoms with Crippen molar-refractivity contribution in [2.75, 3.05) is 13.2 Å². The molecule has 0 N–H and O–H groups in total. The molecule has 17 heavy (non-hydrogen) atoms. The van der Waals surface area contributed by atoms with Crippen molar-refractivity contribution in [1.29, 1.82) is 0 Å². The quantitative estimate of drug-likeness (QED) is 0.820. The van der Waals surface area contributed by atoms with Gasteiger partial charge in [0.15, 0.2) is 6.29 Å². The molecule has 3 rings (SSSR count). The van der Waals surface area contributed by atoms with Crippen LogP contribution in [0.4, 0.5) is 0 Å². The Balaban J connectivity index is 1.63. The fraction of sp³-hybridized carbons (Fsp3) is 0.571. The molecule has 1 fully saturated rings. The van der Waals surface area contributed by atoms with Crippen LogP contribution < -0.4 is 0 Å². The minimum atomic E-state index is 0.0337. The minimum absolute atomic E-state index is 0.0337. The lowest BCUT2D eigenvalue weighted by Crippen LogP contribution is -2.09. The zero-order chi connectivity index (χ0) is 11.7. The second kappa shape index (κ2) is 4.97. The van der Waals surface area contributed by atoms with E-state index in [9.17, 15) is 0 Å². The predicted molar refractivity (Wildman–Crippen MR) is 67.4 cm³/mol. The molecule has 2 aliphatic rings. The SMILES string of the molecule is Clc1ccc2c(c1)CCC2CCC1OCCO1. The molecular weight excluding hydrogens is 236 g/mol. The van der Waals surface area contributed by atoms with Crippen LogP contribution in [0.5, 0.6) is 0 Å². The van der Waals surface area contributed by atoms with E-state index in [2.05, 4.69) is 12.1 Å². The van der Waals surface area contributed by atoms with Crippen LogP contribution in [-0.4, -0.2) is 19.5 Å². The number of fused-ring (bicyclic) bond motifs is 1. The molecule has 1 unspecified atom stereocenters. The van der Waals surface area contributed by atoms with Gasteiger partial charge in [-0.2, -0.15) is 0 Å². The summed E-state index contributed by atoms with van der Waals surface area (Å²) >= 11 is 6.01. The van der Waals surface area contributed by atoms with Crippen molar-refractivity contribution in [3.63, 3.8) is 0 Å². The van der Waals surface area contributed by atoms with Crippen molar-refractivity contribution in [2.45, 2.75) is 37.9 Å². The van der Waals surface area contributed by atoms with E-state index in [1.54, 1.807) is 0 Å². The predicted octanol–water partition coefficient (Wildman–Crippen LogP) is 3.52. The van der Waals surface area contributed by atoms with Gasteiger partial charge >= 0.3 is 0 Å². The number of hydrogen-bond donors (Lipinski definition) is 0.